The van der Waals surface area contributed by atoms with E-state index in [2.05, 4.69) is 15.6 Å². The highest BCUT2D eigenvalue weighted by molar-refractivity contribution is 6.30. The van der Waals surface area contributed by atoms with Gasteiger partial charge < -0.3 is 10.5 Å². The van der Waals surface area contributed by atoms with E-state index in [1.165, 1.54) is 7.05 Å². The molecule has 4 N–H and O–H groups in total. The third-order valence-corrected chi connectivity index (χ3v) is 5.00. The molecule has 2 unspecified atom stereocenters. The number of carbonyl (C=O) groups is 2. The maximum atomic E-state index is 13.0. The quantitative estimate of drug-likeness (QED) is 0.174. The second kappa shape index (κ2) is 11.9. The third-order valence-electron chi connectivity index (χ3n) is 4.77. The SMILES string of the molecule is CCOC(=O)C(C)NC(Cc1ccc(-c2cccc(Cl)c2)cc1)C(=O)N(C)C(N)=NN=N. The van der Waals surface area contributed by atoms with E-state index in [1.54, 1.807) is 13.8 Å². The molecule has 0 radical (unpaired) electrons. The number of nitrogens with zero attached hydrogens (tertiary/aromatic N) is 3. The highest BCUT2D eigenvalue weighted by atomic mass is 35.5. The van der Waals surface area contributed by atoms with Crippen molar-refractivity contribution in [1.82, 2.24) is 10.2 Å². The van der Waals surface area contributed by atoms with Gasteiger partial charge in [0.1, 0.15) is 6.04 Å². The fourth-order valence-corrected chi connectivity index (χ4v) is 3.25. The Morgan fingerprint density at radius 2 is 1.91 bits per heavy atom. The maximum Gasteiger partial charge on any atom is 0.322 e. The Morgan fingerprint density at radius 3 is 2.50 bits per heavy atom. The van der Waals surface area contributed by atoms with Gasteiger partial charge in [-0.15, -0.1) is 0 Å². The van der Waals surface area contributed by atoms with Crippen molar-refractivity contribution >= 4 is 29.4 Å². The number of hydrogen-bond acceptors (Lipinski definition) is 6. The average molecular weight is 459 g/mol. The van der Waals surface area contributed by atoms with Gasteiger partial charge in [0.05, 0.1) is 12.6 Å². The largest absolute Gasteiger partial charge is 0.465 e. The summed E-state index contributed by atoms with van der Waals surface area (Å²) in [5.74, 6) is -1.12. The smallest absolute Gasteiger partial charge is 0.322 e. The van der Waals surface area contributed by atoms with Crippen LogP contribution in [0.1, 0.15) is 19.4 Å². The molecule has 0 bridgehead atoms. The zero-order valence-electron chi connectivity index (χ0n) is 18.2. The van der Waals surface area contributed by atoms with E-state index in [0.29, 0.717) is 5.02 Å². The molecule has 10 heteroatoms. The molecule has 0 aliphatic heterocycles. The number of guanidine groups is 1. The summed E-state index contributed by atoms with van der Waals surface area (Å²) in [6.45, 7) is 3.57. The predicted molar refractivity (Wildman–Crippen MR) is 123 cm³/mol. The number of esters is 1. The summed E-state index contributed by atoms with van der Waals surface area (Å²) < 4.78 is 5.03. The number of halogens is 1. The van der Waals surface area contributed by atoms with Crippen molar-refractivity contribution in [1.29, 1.82) is 5.53 Å². The highest BCUT2D eigenvalue weighted by Crippen LogP contribution is 2.23. The molecule has 170 valence electrons. The van der Waals surface area contributed by atoms with Crippen LogP contribution in [0.2, 0.25) is 5.02 Å². The van der Waals surface area contributed by atoms with Crippen molar-refractivity contribution in [2.75, 3.05) is 13.7 Å². The van der Waals surface area contributed by atoms with Crippen molar-refractivity contribution in [3.8, 4) is 11.1 Å². The molecule has 2 rings (SSSR count). The van der Waals surface area contributed by atoms with Gasteiger partial charge in [0, 0.05) is 12.1 Å². The van der Waals surface area contributed by atoms with Crippen molar-refractivity contribution < 1.29 is 14.3 Å². The molecule has 0 fully saturated rings. The van der Waals surface area contributed by atoms with Gasteiger partial charge in [-0.25, -0.2) is 0 Å². The average Bonchev–Trinajstić information content (AvgIpc) is 2.78. The number of ether oxygens (including phenoxy) is 1. The Kier molecular flexibility index (Phi) is 9.30. The molecular weight excluding hydrogens is 432 g/mol. The predicted octanol–water partition coefficient (Wildman–Crippen LogP) is 3.18. The van der Waals surface area contributed by atoms with Crippen LogP contribution in [0.25, 0.3) is 11.1 Å². The second-order valence-electron chi connectivity index (χ2n) is 7.06. The van der Waals surface area contributed by atoms with E-state index in [-0.39, 0.29) is 19.0 Å². The van der Waals surface area contributed by atoms with Crippen LogP contribution in [-0.2, 0) is 20.7 Å². The van der Waals surface area contributed by atoms with Gasteiger partial charge in [0.15, 0.2) is 0 Å². The van der Waals surface area contributed by atoms with Gasteiger partial charge in [-0.3, -0.25) is 19.8 Å². The molecular formula is C22H27ClN6O3. The van der Waals surface area contributed by atoms with Gasteiger partial charge in [-0.05, 0) is 54.3 Å². The number of likely N-dealkylation sites (N-methyl/N-ethyl adjacent to an activating group) is 1. The van der Waals surface area contributed by atoms with E-state index < -0.39 is 24.0 Å². The van der Waals surface area contributed by atoms with Crippen molar-refractivity contribution in [3.63, 3.8) is 0 Å². The van der Waals surface area contributed by atoms with Crippen molar-refractivity contribution in [2.45, 2.75) is 32.4 Å². The van der Waals surface area contributed by atoms with Crippen LogP contribution >= 0.6 is 11.6 Å². The summed E-state index contributed by atoms with van der Waals surface area (Å²) in [4.78, 5) is 26.2. The number of nitrogens with two attached hydrogens (primary N) is 1. The van der Waals surface area contributed by atoms with E-state index in [9.17, 15) is 9.59 Å². The van der Waals surface area contributed by atoms with Crippen LogP contribution in [0.4, 0.5) is 0 Å². The Hall–Kier alpha value is -3.30. The molecule has 9 nitrogen and oxygen atoms in total. The fourth-order valence-electron chi connectivity index (χ4n) is 3.06. The molecule has 0 aliphatic rings. The van der Waals surface area contributed by atoms with Gasteiger partial charge >= 0.3 is 5.97 Å². The van der Waals surface area contributed by atoms with Crippen LogP contribution in [0.5, 0.6) is 0 Å². The van der Waals surface area contributed by atoms with E-state index in [1.807, 2.05) is 48.5 Å². The third kappa shape index (κ3) is 6.86. The van der Waals surface area contributed by atoms with Crippen LogP contribution < -0.4 is 11.1 Å². The summed E-state index contributed by atoms with van der Waals surface area (Å²) in [6.07, 6.45) is 0.286. The van der Waals surface area contributed by atoms with Gasteiger partial charge in [0.25, 0.3) is 0 Å². The first kappa shape index (κ1) is 25.0. The Labute approximate surface area is 192 Å². The molecule has 0 aliphatic carbocycles. The normalized spacial score (nSPS) is 13.2. The second-order valence-corrected chi connectivity index (χ2v) is 7.50. The first-order chi connectivity index (χ1) is 15.3. The lowest BCUT2D eigenvalue weighted by Crippen LogP contribution is -2.54. The number of carbonyl (C=O) groups excluding carboxylic acids is 2. The lowest BCUT2D eigenvalue weighted by Gasteiger charge is -2.26. The van der Waals surface area contributed by atoms with Gasteiger partial charge in [-0.2, -0.15) is 5.53 Å². The van der Waals surface area contributed by atoms with Crippen LogP contribution in [-0.4, -0.2) is 48.5 Å². The number of amides is 1. The van der Waals surface area contributed by atoms with Crippen LogP contribution in [0.15, 0.2) is 58.9 Å². The monoisotopic (exact) mass is 458 g/mol. The molecule has 0 saturated carbocycles. The summed E-state index contributed by atoms with van der Waals surface area (Å²) in [5.41, 5.74) is 15.3. The zero-order valence-corrected chi connectivity index (χ0v) is 19.0. The molecule has 2 atom stereocenters. The molecule has 0 saturated heterocycles. The molecule has 1 amide bonds. The lowest BCUT2D eigenvalue weighted by molar-refractivity contribution is -0.145. The standard InChI is InChI=1S/C22H27ClN6O3/c1-4-32-21(31)14(2)26-19(20(30)29(3)22(24)27-28-25)12-15-8-10-16(11-9-15)17-6-5-7-18(23)13-17/h5-11,13-14,19,26H,4,12H2,1-3H3,(H3,24,25,27). The maximum absolute atomic E-state index is 13.0. The van der Waals surface area contributed by atoms with Crippen LogP contribution in [0, 0.1) is 5.53 Å². The summed E-state index contributed by atoms with van der Waals surface area (Å²) in [6, 6.07) is 13.7. The molecule has 0 spiro atoms. The Morgan fingerprint density at radius 1 is 1.22 bits per heavy atom. The van der Waals surface area contributed by atoms with Crippen molar-refractivity contribution in [3.05, 3.63) is 59.1 Å². The first-order valence-corrected chi connectivity index (χ1v) is 10.4. The number of benzene rings is 2. The van der Waals surface area contributed by atoms with Crippen molar-refractivity contribution in [2.24, 2.45) is 16.1 Å². The number of nitrogens with one attached hydrogen (secondary N) is 2. The highest BCUT2D eigenvalue weighted by Gasteiger charge is 2.28. The zero-order chi connectivity index (χ0) is 23.7. The Bertz CT molecular complexity index is 980. The molecule has 0 aromatic heterocycles. The minimum Gasteiger partial charge on any atom is -0.465 e. The summed E-state index contributed by atoms with van der Waals surface area (Å²) in [7, 11) is 1.43. The lowest BCUT2D eigenvalue weighted by atomic mass is 9.99. The number of hydrogen-bond donors (Lipinski definition) is 3. The van der Waals surface area contributed by atoms with E-state index in [4.69, 9.17) is 27.6 Å². The van der Waals surface area contributed by atoms with Gasteiger partial charge in [-0.1, -0.05) is 53.1 Å². The molecule has 32 heavy (non-hydrogen) atoms. The minimum atomic E-state index is -0.795. The van der Waals surface area contributed by atoms with Crippen LogP contribution in [0.3, 0.4) is 0 Å². The Balaban J connectivity index is 2.24. The van der Waals surface area contributed by atoms with Gasteiger partial charge in [0.2, 0.25) is 11.9 Å². The van der Waals surface area contributed by atoms with E-state index >= 15 is 0 Å². The fraction of sp³-hybridized carbons (Fsp3) is 0.318. The summed E-state index contributed by atoms with van der Waals surface area (Å²) in [5, 5.41) is 9.91. The molecule has 2 aromatic rings. The molecule has 0 heterocycles. The molecule has 2 aromatic carbocycles. The first-order valence-electron chi connectivity index (χ1n) is 10.0. The summed E-state index contributed by atoms with van der Waals surface area (Å²) >= 11 is 6.08. The number of rotatable bonds is 9. The topological polar surface area (TPSA) is 133 Å². The minimum absolute atomic E-state index is 0.225. The van der Waals surface area contributed by atoms with E-state index in [0.717, 1.165) is 21.6 Å².